The van der Waals surface area contributed by atoms with Gasteiger partial charge < -0.3 is 14.7 Å². The van der Waals surface area contributed by atoms with E-state index in [0.29, 0.717) is 0 Å². The van der Waals surface area contributed by atoms with E-state index in [9.17, 15) is 4.79 Å². The lowest BCUT2D eigenvalue weighted by atomic mass is 9.89. The number of thiophene rings is 1. The fourth-order valence-corrected chi connectivity index (χ4v) is 5.83. The van der Waals surface area contributed by atoms with Crippen LogP contribution in [0.5, 0.6) is 0 Å². The third-order valence-corrected chi connectivity index (χ3v) is 7.32. The fraction of sp³-hybridized carbons (Fsp3) is 0.682. The standard InChI is InChI=1S/C22H33N5OS/c1-5-6-7-18-23-20(26-10-12-27(13-11-26)22(28)25(3)4)19-16-9-8-15(2)14-17(16)29-21(19)24-18/h15H,5-14H2,1-4H3/t15-/m0/s1. The van der Waals surface area contributed by atoms with Gasteiger partial charge in [0.1, 0.15) is 16.5 Å². The van der Waals surface area contributed by atoms with Gasteiger partial charge in [0, 0.05) is 51.6 Å². The highest BCUT2D eigenvalue weighted by Gasteiger charge is 2.28. The largest absolute Gasteiger partial charge is 0.352 e. The van der Waals surface area contributed by atoms with Crippen LogP contribution in [0.25, 0.3) is 10.2 Å². The molecule has 0 radical (unpaired) electrons. The van der Waals surface area contributed by atoms with Crippen molar-refractivity contribution in [3.05, 3.63) is 16.3 Å². The molecule has 1 aliphatic carbocycles. The molecule has 158 valence electrons. The third-order valence-electron chi connectivity index (χ3n) is 6.17. The molecule has 1 saturated heterocycles. The number of rotatable bonds is 4. The minimum atomic E-state index is 0.100. The first-order valence-electron chi connectivity index (χ1n) is 11.0. The molecule has 6 nitrogen and oxygen atoms in total. The molecule has 1 fully saturated rings. The van der Waals surface area contributed by atoms with Gasteiger partial charge in [-0.15, -0.1) is 11.3 Å². The van der Waals surface area contributed by atoms with E-state index in [0.717, 1.165) is 69.4 Å². The summed E-state index contributed by atoms with van der Waals surface area (Å²) < 4.78 is 0. The molecular weight excluding hydrogens is 382 g/mol. The molecule has 2 aliphatic rings. The first-order chi connectivity index (χ1) is 14.0. The number of anilines is 1. The zero-order chi connectivity index (χ0) is 20.5. The van der Waals surface area contributed by atoms with Crippen LogP contribution in [0.1, 0.15) is 49.4 Å². The minimum Gasteiger partial charge on any atom is -0.352 e. The molecule has 2 aromatic rings. The van der Waals surface area contributed by atoms with Crippen LogP contribution >= 0.6 is 11.3 Å². The number of carbonyl (C=O) groups is 1. The molecule has 0 N–H and O–H groups in total. The van der Waals surface area contributed by atoms with E-state index in [4.69, 9.17) is 9.97 Å². The Kier molecular flexibility index (Phi) is 5.95. The van der Waals surface area contributed by atoms with Crippen molar-refractivity contribution in [3.63, 3.8) is 0 Å². The lowest BCUT2D eigenvalue weighted by Crippen LogP contribution is -2.51. The summed E-state index contributed by atoms with van der Waals surface area (Å²) in [5.41, 5.74) is 1.49. The zero-order valence-electron chi connectivity index (χ0n) is 18.2. The molecule has 1 aliphatic heterocycles. The number of hydrogen-bond acceptors (Lipinski definition) is 5. The highest BCUT2D eigenvalue weighted by atomic mass is 32.1. The Hall–Kier alpha value is -1.89. The summed E-state index contributed by atoms with van der Waals surface area (Å²) in [5.74, 6) is 2.85. The van der Waals surface area contributed by atoms with E-state index in [1.54, 1.807) is 4.90 Å². The van der Waals surface area contributed by atoms with Crippen molar-refractivity contribution in [2.75, 3.05) is 45.2 Å². The molecule has 3 heterocycles. The monoisotopic (exact) mass is 415 g/mol. The SMILES string of the molecule is CCCCc1nc(N2CCN(C(=O)N(C)C)CC2)c2c3c(sc2n1)C[C@@H](C)CC3. The molecule has 7 heteroatoms. The average molecular weight is 416 g/mol. The molecule has 2 amide bonds. The summed E-state index contributed by atoms with van der Waals surface area (Å²) in [6.45, 7) is 7.73. The Morgan fingerprint density at radius 2 is 1.97 bits per heavy atom. The summed E-state index contributed by atoms with van der Waals surface area (Å²) >= 11 is 1.89. The average Bonchev–Trinajstić information content (AvgIpc) is 3.08. The van der Waals surface area contributed by atoms with Gasteiger partial charge in [0.05, 0.1) is 5.39 Å². The Labute approximate surface area is 177 Å². The molecule has 0 aromatic carbocycles. The minimum absolute atomic E-state index is 0.100. The number of nitrogens with zero attached hydrogens (tertiary/aromatic N) is 5. The first kappa shape index (κ1) is 20.4. The van der Waals surface area contributed by atoms with E-state index in [1.165, 1.54) is 33.5 Å². The molecule has 1 atom stereocenters. The Morgan fingerprint density at radius 1 is 1.21 bits per heavy atom. The third kappa shape index (κ3) is 4.06. The second-order valence-electron chi connectivity index (χ2n) is 8.75. The van der Waals surface area contributed by atoms with Gasteiger partial charge in [-0.2, -0.15) is 0 Å². The van der Waals surface area contributed by atoms with Crippen molar-refractivity contribution in [1.82, 2.24) is 19.8 Å². The van der Waals surface area contributed by atoms with Crippen LogP contribution in [0.4, 0.5) is 10.6 Å². The highest BCUT2D eigenvalue weighted by molar-refractivity contribution is 7.19. The van der Waals surface area contributed by atoms with E-state index < -0.39 is 0 Å². The number of fused-ring (bicyclic) bond motifs is 3. The number of amides is 2. The van der Waals surface area contributed by atoms with Crippen molar-refractivity contribution in [2.24, 2.45) is 5.92 Å². The van der Waals surface area contributed by atoms with Crippen molar-refractivity contribution in [2.45, 2.75) is 52.4 Å². The highest BCUT2D eigenvalue weighted by Crippen LogP contribution is 2.41. The van der Waals surface area contributed by atoms with Gasteiger partial charge in [-0.05, 0) is 37.2 Å². The van der Waals surface area contributed by atoms with Crippen LogP contribution in [0.2, 0.25) is 0 Å². The molecule has 2 aromatic heterocycles. The number of urea groups is 1. The Balaban J connectivity index is 1.67. The van der Waals surface area contributed by atoms with E-state index in [1.807, 2.05) is 30.3 Å². The maximum absolute atomic E-state index is 12.3. The number of unbranched alkanes of at least 4 members (excludes halogenated alkanes) is 1. The zero-order valence-corrected chi connectivity index (χ0v) is 19.0. The predicted octanol–water partition coefficient (Wildman–Crippen LogP) is 3.96. The molecule has 0 unspecified atom stereocenters. The van der Waals surface area contributed by atoms with Crippen molar-refractivity contribution in [3.8, 4) is 0 Å². The van der Waals surface area contributed by atoms with Gasteiger partial charge in [0.25, 0.3) is 0 Å². The van der Waals surface area contributed by atoms with Crippen LogP contribution in [-0.4, -0.2) is 66.1 Å². The number of hydrogen-bond donors (Lipinski definition) is 0. The summed E-state index contributed by atoms with van der Waals surface area (Å²) in [5, 5.41) is 1.30. The van der Waals surface area contributed by atoms with Gasteiger partial charge >= 0.3 is 6.03 Å². The molecule has 0 saturated carbocycles. The second kappa shape index (κ2) is 8.46. The predicted molar refractivity (Wildman–Crippen MR) is 120 cm³/mol. The van der Waals surface area contributed by atoms with Gasteiger partial charge in [-0.25, -0.2) is 14.8 Å². The summed E-state index contributed by atoms with van der Waals surface area (Å²) in [4.78, 5) is 31.1. The first-order valence-corrected chi connectivity index (χ1v) is 11.8. The quantitative estimate of drug-likeness (QED) is 0.758. The van der Waals surface area contributed by atoms with Gasteiger partial charge in [0.15, 0.2) is 0 Å². The molecular formula is C22H33N5OS. The smallest absolute Gasteiger partial charge is 0.319 e. The van der Waals surface area contributed by atoms with Gasteiger partial charge in [-0.1, -0.05) is 20.3 Å². The maximum atomic E-state index is 12.3. The lowest BCUT2D eigenvalue weighted by Gasteiger charge is -2.37. The van der Waals surface area contributed by atoms with Crippen molar-refractivity contribution >= 4 is 33.4 Å². The topological polar surface area (TPSA) is 52.6 Å². The summed E-state index contributed by atoms with van der Waals surface area (Å²) in [6, 6.07) is 0.100. The number of aryl methyl sites for hydroxylation is 2. The maximum Gasteiger partial charge on any atom is 0.319 e. The number of aromatic nitrogens is 2. The number of piperazine rings is 1. The summed E-state index contributed by atoms with van der Waals surface area (Å²) in [6.07, 6.45) is 6.78. The molecule has 0 spiro atoms. The van der Waals surface area contributed by atoms with Crippen molar-refractivity contribution in [1.29, 1.82) is 0 Å². The lowest BCUT2D eigenvalue weighted by molar-refractivity contribution is 0.168. The molecule has 29 heavy (non-hydrogen) atoms. The van der Waals surface area contributed by atoms with Gasteiger partial charge in [0.2, 0.25) is 0 Å². The fourth-order valence-electron chi connectivity index (χ4n) is 4.43. The van der Waals surface area contributed by atoms with E-state index >= 15 is 0 Å². The second-order valence-corrected chi connectivity index (χ2v) is 9.83. The Bertz CT molecular complexity index is 885. The Morgan fingerprint density at radius 3 is 2.66 bits per heavy atom. The van der Waals surface area contributed by atoms with Crippen LogP contribution in [0, 0.1) is 5.92 Å². The number of carbonyl (C=O) groups excluding carboxylic acids is 1. The van der Waals surface area contributed by atoms with Gasteiger partial charge in [-0.3, -0.25) is 0 Å². The van der Waals surface area contributed by atoms with Crippen LogP contribution in [0.15, 0.2) is 0 Å². The van der Waals surface area contributed by atoms with Crippen LogP contribution < -0.4 is 4.90 Å². The normalized spacial score (nSPS) is 19.5. The van der Waals surface area contributed by atoms with Crippen LogP contribution in [0.3, 0.4) is 0 Å². The summed E-state index contributed by atoms with van der Waals surface area (Å²) in [7, 11) is 3.64. The van der Waals surface area contributed by atoms with E-state index in [-0.39, 0.29) is 6.03 Å². The molecule has 0 bridgehead atoms. The van der Waals surface area contributed by atoms with E-state index in [2.05, 4.69) is 18.7 Å². The van der Waals surface area contributed by atoms with Crippen molar-refractivity contribution < 1.29 is 4.79 Å². The molecule has 4 rings (SSSR count). The van der Waals surface area contributed by atoms with Crippen LogP contribution in [-0.2, 0) is 19.3 Å².